The van der Waals surface area contributed by atoms with E-state index in [1.54, 1.807) is 6.92 Å². The Bertz CT molecular complexity index is 431. The number of Topliss-reactive ketones (excluding diaryl/α,β-unsaturated/α-hetero) is 1. The molecule has 1 saturated heterocycles. The summed E-state index contributed by atoms with van der Waals surface area (Å²) in [4.78, 5) is 47.7. The summed E-state index contributed by atoms with van der Waals surface area (Å²) < 4.78 is 0. The van der Waals surface area contributed by atoms with Gasteiger partial charge in [-0.1, -0.05) is 20.8 Å². The van der Waals surface area contributed by atoms with Crippen LogP contribution in [0.15, 0.2) is 0 Å². The van der Waals surface area contributed by atoms with Gasteiger partial charge in [0.05, 0.1) is 0 Å². The van der Waals surface area contributed by atoms with Crippen molar-refractivity contribution in [3.05, 3.63) is 0 Å². The molecule has 21 heavy (non-hydrogen) atoms. The quantitative estimate of drug-likeness (QED) is 0.674. The zero-order chi connectivity index (χ0) is 16.0. The molecule has 1 aliphatic rings. The van der Waals surface area contributed by atoms with Crippen molar-refractivity contribution in [2.75, 3.05) is 13.1 Å². The second-order valence-electron chi connectivity index (χ2n) is 5.68. The van der Waals surface area contributed by atoms with Gasteiger partial charge in [0.25, 0.3) is 0 Å². The maximum Gasteiger partial charge on any atom is 0.233 e. The summed E-state index contributed by atoms with van der Waals surface area (Å²) in [7, 11) is 0. The number of rotatable bonds is 8. The Morgan fingerprint density at radius 1 is 1.29 bits per heavy atom. The lowest BCUT2D eigenvalue weighted by atomic mass is 9.94. The number of ketones is 1. The molecule has 0 bridgehead atoms. The fourth-order valence-electron chi connectivity index (χ4n) is 2.28. The molecule has 1 heterocycles. The molecule has 3 amide bonds. The van der Waals surface area contributed by atoms with E-state index in [1.807, 2.05) is 13.8 Å². The highest BCUT2D eigenvalue weighted by Gasteiger charge is 2.39. The van der Waals surface area contributed by atoms with Gasteiger partial charge < -0.3 is 5.32 Å². The third-order valence-corrected chi connectivity index (χ3v) is 3.77. The number of hydrogen-bond donors (Lipinski definition) is 1. The van der Waals surface area contributed by atoms with Gasteiger partial charge in [0.15, 0.2) is 0 Å². The lowest BCUT2D eigenvalue weighted by Gasteiger charge is -2.16. The van der Waals surface area contributed by atoms with Crippen LogP contribution in [0.1, 0.15) is 46.5 Å². The van der Waals surface area contributed by atoms with Crippen LogP contribution in [0.4, 0.5) is 0 Å². The number of likely N-dealkylation sites (tertiary alicyclic amines) is 1. The van der Waals surface area contributed by atoms with Crippen LogP contribution in [-0.2, 0) is 19.2 Å². The second-order valence-corrected chi connectivity index (χ2v) is 5.68. The van der Waals surface area contributed by atoms with Crippen LogP contribution >= 0.6 is 0 Å². The van der Waals surface area contributed by atoms with Gasteiger partial charge in [-0.05, 0) is 5.92 Å². The molecule has 0 spiro atoms. The average molecular weight is 296 g/mol. The minimum absolute atomic E-state index is 0.0859. The molecule has 0 aromatic rings. The van der Waals surface area contributed by atoms with Crippen molar-refractivity contribution in [2.24, 2.45) is 11.8 Å². The predicted octanol–water partition coefficient (Wildman–Crippen LogP) is 0.893. The molecule has 6 heteroatoms. The average Bonchev–Trinajstić information content (AvgIpc) is 2.71. The Balaban J connectivity index is 2.34. The van der Waals surface area contributed by atoms with E-state index in [-0.39, 0.29) is 54.7 Å². The molecule has 0 radical (unpaired) electrons. The second kappa shape index (κ2) is 7.90. The zero-order valence-electron chi connectivity index (χ0n) is 13.0. The van der Waals surface area contributed by atoms with Gasteiger partial charge in [-0.25, -0.2) is 0 Å². The lowest BCUT2D eigenvalue weighted by molar-refractivity contribution is -0.140. The van der Waals surface area contributed by atoms with E-state index in [0.717, 1.165) is 0 Å². The smallest absolute Gasteiger partial charge is 0.233 e. The molecule has 1 fully saturated rings. The van der Waals surface area contributed by atoms with Crippen molar-refractivity contribution in [2.45, 2.75) is 46.5 Å². The van der Waals surface area contributed by atoms with E-state index in [2.05, 4.69) is 5.32 Å². The summed E-state index contributed by atoms with van der Waals surface area (Å²) in [5.74, 6) is -0.660. The maximum atomic E-state index is 12.0. The Labute approximate surface area is 125 Å². The number of nitrogens with zero attached hydrogens (tertiary/aromatic N) is 1. The van der Waals surface area contributed by atoms with Gasteiger partial charge in [0, 0.05) is 44.7 Å². The normalized spacial score (nSPS) is 18.5. The minimum Gasteiger partial charge on any atom is -0.356 e. The number of hydrogen-bond acceptors (Lipinski definition) is 4. The topological polar surface area (TPSA) is 83.6 Å². The van der Waals surface area contributed by atoms with Crippen molar-refractivity contribution >= 4 is 23.5 Å². The van der Waals surface area contributed by atoms with Crippen LogP contribution in [0.25, 0.3) is 0 Å². The number of carbonyl (C=O) groups excluding carboxylic acids is 4. The summed E-state index contributed by atoms with van der Waals surface area (Å²) in [5.41, 5.74) is 0. The van der Waals surface area contributed by atoms with Crippen LogP contribution in [-0.4, -0.2) is 41.5 Å². The van der Waals surface area contributed by atoms with Gasteiger partial charge in [0.2, 0.25) is 17.7 Å². The summed E-state index contributed by atoms with van der Waals surface area (Å²) in [6, 6.07) is 0. The molecular weight excluding hydrogens is 272 g/mol. The van der Waals surface area contributed by atoms with Crippen LogP contribution in [0.2, 0.25) is 0 Å². The number of carbonyl (C=O) groups is 4. The first-order chi connectivity index (χ1) is 9.86. The Morgan fingerprint density at radius 2 is 1.95 bits per heavy atom. The fraction of sp³-hybridized carbons (Fsp3) is 0.733. The number of amides is 3. The summed E-state index contributed by atoms with van der Waals surface area (Å²) in [6.07, 6.45) is 1.11. The van der Waals surface area contributed by atoms with Gasteiger partial charge in [-0.15, -0.1) is 0 Å². The number of nitrogens with one attached hydrogen (secondary N) is 1. The van der Waals surface area contributed by atoms with Gasteiger partial charge in [0.1, 0.15) is 5.78 Å². The van der Waals surface area contributed by atoms with Crippen molar-refractivity contribution in [1.82, 2.24) is 10.2 Å². The highest BCUT2D eigenvalue weighted by Crippen LogP contribution is 2.26. The highest BCUT2D eigenvalue weighted by molar-refractivity contribution is 6.03. The van der Waals surface area contributed by atoms with Gasteiger partial charge in [-0.3, -0.25) is 24.1 Å². The first-order valence-electron chi connectivity index (χ1n) is 7.49. The Kier molecular flexibility index (Phi) is 6.52. The molecule has 0 aromatic carbocycles. The van der Waals surface area contributed by atoms with Crippen molar-refractivity contribution in [3.8, 4) is 0 Å². The molecule has 1 N–H and O–H groups in total. The van der Waals surface area contributed by atoms with E-state index in [1.165, 1.54) is 4.90 Å². The van der Waals surface area contributed by atoms with Crippen molar-refractivity contribution in [3.63, 3.8) is 0 Å². The molecule has 0 aromatic heterocycles. The molecular formula is C15H24N2O4. The number of imide groups is 1. The molecule has 1 aliphatic heterocycles. The minimum atomic E-state index is -0.261. The zero-order valence-corrected chi connectivity index (χ0v) is 13.0. The molecule has 0 aliphatic carbocycles. The Morgan fingerprint density at radius 3 is 2.48 bits per heavy atom. The summed E-state index contributed by atoms with van der Waals surface area (Å²) in [6.45, 7) is 6.03. The molecule has 1 unspecified atom stereocenters. The summed E-state index contributed by atoms with van der Waals surface area (Å²) >= 11 is 0. The van der Waals surface area contributed by atoms with E-state index in [4.69, 9.17) is 0 Å². The van der Waals surface area contributed by atoms with E-state index < -0.39 is 0 Å². The predicted molar refractivity (Wildman–Crippen MR) is 77.2 cm³/mol. The lowest BCUT2D eigenvalue weighted by Crippen LogP contribution is -2.36. The molecule has 1 atom stereocenters. The van der Waals surface area contributed by atoms with Crippen LogP contribution < -0.4 is 5.32 Å². The van der Waals surface area contributed by atoms with Crippen LogP contribution in [0.3, 0.4) is 0 Å². The molecule has 118 valence electrons. The standard InChI is InChI=1S/C15H24N2O4/c1-4-11(18)5-7-16-13(19)6-8-17-14(20)9-12(10(2)3)15(17)21/h10,12H,4-9H2,1-3H3,(H,16,19). The first-order valence-corrected chi connectivity index (χ1v) is 7.49. The third kappa shape index (κ3) is 4.95. The third-order valence-electron chi connectivity index (χ3n) is 3.77. The SMILES string of the molecule is CCC(=O)CCNC(=O)CCN1C(=O)CC(C(C)C)C1=O. The molecule has 1 rings (SSSR count). The van der Waals surface area contributed by atoms with E-state index >= 15 is 0 Å². The van der Waals surface area contributed by atoms with E-state index in [0.29, 0.717) is 19.4 Å². The maximum absolute atomic E-state index is 12.0. The Hall–Kier alpha value is -1.72. The highest BCUT2D eigenvalue weighted by atomic mass is 16.2. The van der Waals surface area contributed by atoms with E-state index in [9.17, 15) is 19.2 Å². The molecule has 0 saturated carbocycles. The summed E-state index contributed by atoms with van der Waals surface area (Å²) in [5, 5.41) is 2.63. The van der Waals surface area contributed by atoms with Gasteiger partial charge >= 0.3 is 0 Å². The van der Waals surface area contributed by atoms with Crippen molar-refractivity contribution < 1.29 is 19.2 Å². The van der Waals surface area contributed by atoms with Crippen molar-refractivity contribution in [1.29, 1.82) is 0 Å². The van der Waals surface area contributed by atoms with Crippen LogP contribution in [0, 0.1) is 11.8 Å². The van der Waals surface area contributed by atoms with Crippen LogP contribution in [0.5, 0.6) is 0 Å². The largest absolute Gasteiger partial charge is 0.356 e. The molecule has 6 nitrogen and oxygen atoms in total. The monoisotopic (exact) mass is 296 g/mol. The first kappa shape index (κ1) is 17.3. The van der Waals surface area contributed by atoms with Gasteiger partial charge in [-0.2, -0.15) is 0 Å². The fourth-order valence-corrected chi connectivity index (χ4v) is 2.28.